The van der Waals surface area contributed by atoms with Crippen LogP contribution >= 0.6 is 22.6 Å². The topological polar surface area (TPSA) is 52.3 Å². The second-order valence-electron chi connectivity index (χ2n) is 5.16. The molecule has 0 fully saturated rings. The molecule has 1 aromatic carbocycles. The van der Waals surface area contributed by atoms with Gasteiger partial charge in [0, 0.05) is 47.0 Å². The molecule has 2 aromatic heterocycles. The molecule has 0 aliphatic heterocycles. The molecule has 0 N–H and O–H groups in total. The summed E-state index contributed by atoms with van der Waals surface area (Å²) >= 11 is 1.05. The van der Waals surface area contributed by atoms with E-state index in [1.807, 2.05) is 0 Å². The Kier molecular flexibility index (Phi) is 4.91. The van der Waals surface area contributed by atoms with Gasteiger partial charge in [0.1, 0.15) is 0 Å². The molecule has 10 heteroatoms. The van der Waals surface area contributed by atoms with E-state index in [-0.39, 0.29) is 17.8 Å². The third-order valence-electron chi connectivity index (χ3n) is 3.52. The predicted octanol–water partition coefficient (Wildman–Crippen LogP) is 4.36. The number of aromatic nitrogens is 4. The van der Waals surface area contributed by atoms with Crippen LogP contribution in [0.4, 0.5) is 17.6 Å². The Morgan fingerprint density at radius 3 is 2.68 bits per heavy atom. The van der Waals surface area contributed by atoms with Gasteiger partial charge in [-0.15, -0.1) is 10.2 Å². The lowest BCUT2D eigenvalue weighted by Crippen LogP contribution is -2.08. The van der Waals surface area contributed by atoms with Crippen molar-refractivity contribution in [3.63, 3.8) is 0 Å². The van der Waals surface area contributed by atoms with Crippen molar-refractivity contribution in [1.82, 2.24) is 19.6 Å². The minimum atomic E-state index is -3.06. The van der Waals surface area contributed by atoms with Crippen molar-refractivity contribution in [2.45, 2.75) is 17.0 Å². The molecule has 0 bridgehead atoms. The van der Waals surface area contributed by atoms with Gasteiger partial charge in [-0.2, -0.15) is 8.78 Å². The molecule has 0 amide bonds. The lowest BCUT2D eigenvalue weighted by atomic mass is 10.0. The summed E-state index contributed by atoms with van der Waals surface area (Å²) in [4.78, 5) is 4.14. The number of hydrogen-bond donors (Lipinski definition) is 0. The Morgan fingerprint density at radius 2 is 2.04 bits per heavy atom. The lowest BCUT2D eigenvalue weighted by molar-refractivity contribution is 0.120. The average molecular weight is 466 g/mol. The van der Waals surface area contributed by atoms with Gasteiger partial charge in [-0.25, -0.2) is 8.78 Å². The number of alkyl halides is 5. The Morgan fingerprint density at radius 1 is 1.28 bits per heavy atom. The first-order valence-electron chi connectivity index (χ1n) is 6.99. The van der Waals surface area contributed by atoms with Crippen LogP contribution in [0.15, 0.2) is 30.6 Å². The fourth-order valence-electron chi connectivity index (χ4n) is 2.42. The van der Waals surface area contributed by atoms with Crippen molar-refractivity contribution in [2.75, 3.05) is 7.11 Å². The second kappa shape index (κ2) is 6.83. The van der Waals surface area contributed by atoms with Crippen molar-refractivity contribution >= 4 is 28.2 Å². The van der Waals surface area contributed by atoms with Gasteiger partial charge in [0.05, 0.1) is 18.5 Å². The molecule has 0 aliphatic carbocycles. The van der Waals surface area contributed by atoms with Crippen LogP contribution in [0.25, 0.3) is 16.9 Å². The summed E-state index contributed by atoms with van der Waals surface area (Å²) < 4.78 is 56.4. The monoisotopic (exact) mass is 466 g/mol. The fraction of sp³-hybridized carbons (Fsp3) is 0.267. The van der Waals surface area contributed by atoms with Gasteiger partial charge >= 0.3 is 3.93 Å². The van der Waals surface area contributed by atoms with E-state index >= 15 is 0 Å². The van der Waals surface area contributed by atoms with Crippen LogP contribution in [0.2, 0.25) is 0 Å². The summed E-state index contributed by atoms with van der Waals surface area (Å²) in [5.41, 5.74) is 1.12. The molecule has 3 aromatic rings. The molecule has 0 aliphatic rings. The maximum Gasteiger partial charge on any atom is 0.321 e. The van der Waals surface area contributed by atoms with Gasteiger partial charge in [-0.05, 0) is 11.6 Å². The molecule has 132 valence electrons. The normalized spacial score (nSPS) is 12.3. The molecule has 0 unspecified atom stereocenters. The van der Waals surface area contributed by atoms with E-state index in [0.29, 0.717) is 16.8 Å². The molecule has 0 spiro atoms. The standard InChI is InChI=1S/C15H11F4IN4O/c1-25-7-9-4-8(2-3-10(9)15(18,19)20)11-6-24-12(5-21-11)22-23-14(24)13(16)17/h2-6,13H,7H2,1H3. The summed E-state index contributed by atoms with van der Waals surface area (Å²) in [6.07, 6.45) is -0.148. The summed E-state index contributed by atoms with van der Waals surface area (Å²) in [6, 6.07) is 4.25. The van der Waals surface area contributed by atoms with Gasteiger partial charge in [0.15, 0.2) is 5.65 Å². The molecular weight excluding hydrogens is 455 g/mol. The number of hydrogen-bond acceptors (Lipinski definition) is 4. The Hall–Kier alpha value is -1.82. The molecule has 0 radical (unpaired) electrons. The zero-order chi connectivity index (χ0) is 18.2. The van der Waals surface area contributed by atoms with Crippen LogP contribution in [0.5, 0.6) is 0 Å². The van der Waals surface area contributed by atoms with Crippen LogP contribution in [-0.2, 0) is 15.3 Å². The molecule has 25 heavy (non-hydrogen) atoms. The van der Waals surface area contributed by atoms with Gasteiger partial charge in [-0.3, -0.25) is 9.38 Å². The highest BCUT2D eigenvalue weighted by Crippen LogP contribution is 2.38. The van der Waals surface area contributed by atoms with Crippen LogP contribution in [-0.4, -0.2) is 26.7 Å². The van der Waals surface area contributed by atoms with Gasteiger partial charge in [0.25, 0.3) is 6.43 Å². The van der Waals surface area contributed by atoms with Crippen molar-refractivity contribution in [3.05, 3.63) is 47.5 Å². The van der Waals surface area contributed by atoms with Crippen molar-refractivity contribution < 1.29 is 22.3 Å². The number of nitrogens with zero attached hydrogens (tertiary/aromatic N) is 4. The third kappa shape index (κ3) is 3.59. The molecule has 5 nitrogen and oxygen atoms in total. The Labute approximate surface area is 153 Å². The van der Waals surface area contributed by atoms with E-state index in [1.165, 1.54) is 37.7 Å². The van der Waals surface area contributed by atoms with Gasteiger partial charge < -0.3 is 4.74 Å². The zero-order valence-corrected chi connectivity index (χ0v) is 14.9. The predicted molar refractivity (Wildman–Crippen MR) is 89.8 cm³/mol. The smallest absolute Gasteiger partial charge is 0.321 e. The molecule has 0 atom stereocenters. The molecule has 2 heterocycles. The highest BCUT2D eigenvalue weighted by molar-refractivity contribution is 14.1. The minimum Gasteiger partial charge on any atom is -0.380 e. The first-order chi connectivity index (χ1) is 11.8. The van der Waals surface area contributed by atoms with E-state index < -0.39 is 16.2 Å². The maximum absolute atomic E-state index is 13.7. The van der Waals surface area contributed by atoms with Crippen molar-refractivity contribution in [2.24, 2.45) is 0 Å². The first-order valence-corrected chi connectivity index (χ1v) is 8.07. The molecule has 3 rings (SSSR count). The third-order valence-corrected chi connectivity index (χ3v) is 4.10. The molecule has 0 saturated heterocycles. The van der Waals surface area contributed by atoms with Crippen molar-refractivity contribution in [1.29, 1.82) is 0 Å². The van der Waals surface area contributed by atoms with Crippen LogP contribution in [0.3, 0.4) is 0 Å². The van der Waals surface area contributed by atoms with Crippen LogP contribution < -0.4 is 0 Å². The van der Waals surface area contributed by atoms with Crippen LogP contribution in [0.1, 0.15) is 23.4 Å². The number of fused-ring (bicyclic) bond motifs is 1. The van der Waals surface area contributed by atoms with E-state index in [4.69, 9.17) is 4.74 Å². The highest BCUT2D eigenvalue weighted by Gasteiger charge is 2.30. The summed E-state index contributed by atoms with van der Waals surface area (Å²) in [6.45, 7) is -0.0150. The van der Waals surface area contributed by atoms with Gasteiger partial charge in [0.2, 0.25) is 5.82 Å². The molecule has 0 saturated carbocycles. The van der Waals surface area contributed by atoms with Gasteiger partial charge in [-0.1, -0.05) is 12.1 Å². The minimum absolute atomic E-state index is 0.0150. The fourth-order valence-corrected chi connectivity index (χ4v) is 2.95. The first kappa shape index (κ1) is 18.0. The zero-order valence-electron chi connectivity index (χ0n) is 12.8. The summed E-state index contributed by atoms with van der Waals surface area (Å²) in [5.74, 6) is -0.508. The van der Waals surface area contributed by atoms with E-state index in [0.717, 1.165) is 27.0 Å². The Bertz CT molecular complexity index is 910. The number of methoxy groups -OCH3 is 1. The molecular formula is C15H11F4IN4O. The van der Waals surface area contributed by atoms with E-state index in [1.54, 1.807) is 0 Å². The largest absolute Gasteiger partial charge is 0.380 e. The second-order valence-corrected chi connectivity index (χ2v) is 6.52. The number of benzene rings is 1. The SMILES string of the molecule is COCc1cc(-c2cn3c(C(F)F)nnc3cn2)ccc1C(F)(F)I. The van der Waals surface area contributed by atoms with E-state index in [2.05, 4.69) is 15.2 Å². The number of ether oxygens (including phenoxy) is 1. The number of rotatable bonds is 5. The van der Waals surface area contributed by atoms with Crippen molar-refractivity contribution in [3.8, 4) is 11.3 Å². The summed E-state index contributed by atoms with van der Waals surface area (Å²) in [5, 5.41) is 7.04. The summed E-state index contributed by atoms with van der Waals surface area (Å²) in [7, 11) is 1.40. The Balaban J connectivity index is 2.11. The maximum atomic E-state index is 13.7. The van der Waals surface area contributed by atoms with E-state index in [9.17, 15) is 17.6 Å². The lowest BCUT2D eigenvalue weighted by Gasteiger charge is -2.15. The quantitative estimate of drug-likeness (QED) is 0.319. The van der Waals surface area contributed by atoms with Crippen LogP contribution in [0, 0.1) is 0 Å². The highest BCUT2D eigenvalue weighted by atomic mass is 127. The number of halogens is 5. The average Bonchev–Trinajstić information content (AvgIpc) is 2.97.